The molecule has 1 amide bonds. The van der Waals surface area contributed by atoms with E-state index in [9.17, 15) is 18.8 Å². The van der Waals surface area contributed by atoms with Crippen molar-refractivity contribution in [3.8, 4) is 0 Å². The summed E-state index contributed by atoms with van der Waals surface area (Å²) in [5.41, 5.74) is 7.61. The Bertz CT molecular complexity index is 1360. The van der Waals surface area contributed by atoms with E-state index in [0.29, 0.717) is 18.7 Å². The van der Waals surface area contributed by atoms with Gasteiger partial charge in [0.25, 0.3) is 5.56 Å². The molecule has 1 heterocycles. The average Bonchev–Trinajstić information content (AvgIpc) is 2.86. The molecule has 0 saturated carbocycles. The Morgan fingerprint density at radius 3 is 2.64 bits per heavy atom. The molecule has 0 bridgehead atoms. The lowest BCUT2D eigenvalue weighted by Gasteiger charge is -2.27. The normalized spacial score (nSPS) is 13.2. The number of nitrogens with zero attached hydrogens (tertiary/aromatic N) is 2. The van der Waals surface area contributed by atoms with Crippen LogP contribution in [0.2, 0.25) is 0 Å². The Hall–Kier alpha value is -4.14. The van der Waals surface area contributed by atoms with E-state index in [0.717, 1.165) is 31.2 Å². The molecule has 0 spiro atoms. The summed E-state index contributed by atoms with van der Waals surface area (Å²) in [4.78, 5) is 42.4. The second kappa shape index (κ2) is 11.5. The first-order valence-electron chi connectivity index (χ1n) is 12.1. The van der Waals surface area contributed by atoms with Gasteiger partial charge < -0.3 is 16.0 Å². The zero-order chi connectivity index (χ0) is 25.5. The zero-order valence-electron chi connectivity index (χ0n) is 20.0. The number of halogens is 1. The van der Waals surface area contributed by atoms with Crippen molar-refractivity contribution in [2.24, 2.45) is 0 Å². The van der Waals surface area contributed by atoms with Gasteiger partial charge >= 0.3 is 5.69 Å². The number of aromatic nitrogens is 2. The first-order valence-corrected chi connectivity index (χ1v) is 12.1. The molecule has 0 aliphatic heterocycles. The van der Waals surface area contributed by atoms with Crippen molar-refractivity contribution in [2.45, 2.75) is 38.6 Å². The van der Waals surface area contributed by atoms with Gasteiger partial charge in [0.05, 0.1) is 13.1 Å². The maximum atomic E-state index is 13.6. The van der Waals surface area contributed by atoms with Gasteiger partial charge in [-0.25, -0.2) is 9.18 Å². The van der Waals surface area contributed by atoms with E-state index >= 15 is 0 Å². The number of allylic oxidation sites excluding steroid dienone is 1. The number of nitrogen functional groups attached to an aromatic ring is 1. The van der Waals surface area contributed by atoms with Crippen LogP contribution in [-0.4, -0.2) is 28.5 Å². The van der Waals surface area contributed by atoms with E-state index in [1.807, 2.05) is 30.3 Å². The van der Waals surface area contributed by atoms with Crippen LogP contribution in [0, 0.1) is 5.82 Å². The summed E-state index contributed by atoms with van der Waals surface area (Å²) in [6.45, 7) is 0.337. The molecule has 1 aliphatic carbocycles. The smallest absolute Gasteiger partial charge is 0.330 e. The lowest BCUT2D eigenvalue weighted by atomic mass is 9.97. The van der Waals surface area contributed by atoms with E-state index in [1.165, 1.54) is 28.3 Å². The summed E-state index contributed by atoms with van der Waals surface area (Å²) in [5.74, 6) is -0.913. The van der Waals surface area contributed by atoms with E-state index in [4.69, 9.17) is 5.73 Å². The number of H-pyrrole nitrogens is 1. The van der Waals surface area contributed by atoms with Crippen LogP contribution in [-0.2, 0) is 11.3 Å². The molecule has 0 fully saturated rings. The van der Waals surface area contributed by atoms with E-state index in [-0.39, 0.29) is 24.6 Å². The van der Waals surface area contributed by atoms with Gasteiger partial charge in [0.15, 0.2) is 0 Å². The second-order valence-corrected chi connectivity index (χ2v) is 8.90. The maximum Gasteiger partial charge on any atom is 0.330 e. The number of anilines is 3. The van der Waals surface area contributed by atoms with Gasteiger partial charge in [-0.3, -0.25) is 19.1 Å². The van der Waals surface area contributed by atoms with Crippen molar-refractivity contribution in [1.29, 1.82) is 0 Å². The minimum atomic E-state index is -0.655. The van der Waals surface area contributed by atoms with Crippen molar-refractivity contribution in [2.75, 3.05) is 29.0 Å². The molecule has 0 unspecified atom stereocenters. The zero-order valence-corrected chi connectivity index (χ0v) is 20.0. The lowest BCUT2D eigenvalue weighted by Crippen LogP contribution is -2.42. The number of amides is 1. The molecule has 188 valence electrons. The minimum absolute atomic E-state index is 0.0104. The molecule has 0 saturated heterocycles. The Morgan fingerprint density at radius 1 is 1.11 bits per heavy atom. The van der Waals surface area contributed by atoms with Crippen molar-refractivity contribution < 1.29 is 9.18 Å². The molecule has 8 nitrogen and oxygen atoms in total. The fraction of sp³-hybridized carbons (Fsp3) is 0.296. The summed E-state index contributed by atoms with van der Waals surface area (Å²) in [6.07, 6.45) is 7.11. The van der Waals surface area contributed by atoms with Gasteiger partial charge in [0, 0.05) is 12.2 Å². The molecule has 4 N–H and O–H groups in total. The van der Waals surface area contributed by atoms with Crippen LogP contribution in [0.25, 0.3) is 0 Å². The molecule has 4 rings (SSSR count). The summed E-state index contributed by atoms with van der Waals surface area (Å²) in [5, 5.41) is 2.67. The topological polar surface area (TPSA) is 113 Å². The third-order valence-corrected chi connectivity index (χ3v) is 6.24. The first-order chi connectivity index (χ1) is 17.4. The van der Waals surface area contributed by atoms with Crippen LogP contribution < -0.4 is 27.2 Å². The molecule has 36 heavy (non-hydrogen) atoms. The van der Waals surface area contributed by atoms with Crippen LogP contribution >= 0.6 is 0 Å². The lowest BCUT2D eigenvalue weighted by molar-refractivity contribution is -0.115. The molecule has 1 aromatic heterocycles. The number of nitrogens with two attached hydrogens (primary N) is 1. The largest absolute Gasteiger partial charge is 0.383 e. The fourth-order valence-corrected chi connectivity index (χ4v) is 4.43. The first kappa shape index (κ1) is 25.0. The highest BCUT2D eigenvalue weighted by molar-refractivity contribution is 5.94. The SMILES string of the molecule is Nc1c(N(CCC2=CCCCC2)CC(=O)Nc2cccc(F)c2)c(=O)[nH]c(=O)n1Cc1ccccc1. The molecular weight excluding hydrogens is 461 g/mol. The Labute approximate surface area is 208 Å². The van der Waals surface area contributed by atoms with E-state index < -0.39 is 23.0 Å². The molecule has 2 aromatic carbocycles. The number of hydrogen-bond acceptors (Lipinski definition) is 5. The monoisotopic (exact) mass is 491 g/mol. The quantitative estimate of drug-likeness (QED) is 0.396. The van der Waals surface area contributed by atoms with Crippen LogP contribution in [0.5, 0.6) is 0 Å². The van der Waals surface area contributed by atoms with Crippen LogP contribution in [0.1, 0.15) is 37.7 Å². The molecule has 9 heteroatoms. The van der Waals surface area contributed by atoms with Gasteiger partial charge in [-0.05, 0) is 55.9 Å². The van der Waals surface area contributed by atoms with E-state index in [1.54, 1.807) is 11.0 Å². The number of benzene rings is 2. The fourth-order valence-electron chi connectivity index (χ4n) is 4.43. The molecule has 0 atom stereocenters. The highest BCUT2D eigenvalue weighted by Crippen LogP contribution is 2.23. The predicted molar refractivity (Wildman–Crippen MR) is 140 cm³/mol. The number of carbonyl (C=O) groups excluding carboxylic acids is 1. The molecule has 3 aromatic rings. The summed E-state index contributed by atoms with van der Waals surface area (Å²) >= 11 is 0. The third-order valence-electron chi connectivity index (χ3n) is 6.24. The summed E-state index contributed by atoms with van der Waals surface area (Å²) in [7, 11) is 0. The minimum Gasteiger partial charge on any atom is -0.383 e. The Balaban J connectivity index is 1.64. The number of rotatable bonds is 9. The highest BCUT2D eigenvalue weighted by atomic mass is 19.1. The predicted octanol–water partition coefficient (Wildman–Crippen LogP) is 3.64. The third kappa shape index (κ3) is 6.29. The molecule has 1 aliphatic rings. The van der Waals surface area contributed by atoms with Gasteiger partial charge in [-0.15, -0.1) is 0 Å². The number of aromatic amines is 1. The maximum absolute atomic E-state index is 13.6. The summed E-state index contributed by atoms with van der Waals surface area (Å²) in [6, 6.07) is 14.9. The van der Waals surface area contributed by atoms with Crippen molar-refractivity contribution in [3.05, 3.63) is 98.5 Å². The van der Waals surface area contributed by atoms with Crippen LogP contribution in [0.4, 0.5) is 21.6 Å². The molecular formula is C27H30FN5O3. The number of hydrogen-bond donors (Lipinski definition) is 3. The standard InChI is InChI=1S/C27H30FN5O3/c28-21-12-7-13-22(16-21)30-23(34)18-32(15-14-19-8-3-1-4-9-19)24-25(29)33(27(36)31-26(24)35)17-20-10-5-2-6-11-20/h2,5-8,10-13,16H,1,3-4,9,14-15,17-18,29H2,(H,30,34)(H,31,35,36). The second-order valence-electron chi connectivity index (χ2n) is 8.90. The van der Waals surface area contributed by atoms with Gasteiger partial charge in [0.1, 0.15) is 17.3 Å². The van der Waals surface area contributed by atoms with Crippen molar-refractivity contribution in [1.82, 2.24) is 9.55 Å². The van der Waals surface area contributed by atoms with Crippen molar-refractivity contribution in [3.63, 3.8) is 0 Å². The highest BCUT2D eigenvalue weighted by Gasteiger charge is 2.22. The van der Waals surface area contributed by atoms with Crippen molar-refractivity contribution >= 4 is 23.1 Å². The Morgan fingerprint density at radius 2 is 1.92 bits per heavy atom. The van der Waals surface area contributed by atoms with Gasteiger partial charge in [-0.2, -0.15) is 0 Å². The summed E-state index contributed by atoms with van der Waals surface area (Å²) < 4.78 is 14.9. The number of nitrogens with one attached hydrogen (secondary N) is 2. The van der Waals surface area contributed by atoms with E-state index in [2.05, 4.69) is 16.4 Å². The van der Waals surface area contributed by atoms with Gasteiger partial charge in [-0.1, -0.05) is 48.0 Å². The Kier molecular flexibility index (Phi) is 7.99. The van der Waals surface area contributed by atoms with Crippen LogP contribution in [0.15, 0.2) is 75.8 Å². The van der Waals surface area contributed by atoms with Gasteiger partial charge in [0.2, 0.25) is 5.91 Å². The van der Waals surface area contributed by atoms with Crippen LogP contribution in [0.3, 0.4) is 0 Å². The number of carbonyl (C=O) groups is 1. The molecule has 0 radical (unpaired) electrons. The average molecular weight is 492 g/mol.